The van der Waals surface area contributed by atoms with Gasteiger partial charge in [0.1, 0.15) is 0 Å². The molecule has 0 saturated heterocycles. The predicted octanol–water partition coefficient (Wildman–Crippen LogP) is 1.10. The molecule has 0 saturated carbocycles. The number of nitrogens with one attached hydrogen (secondary N) is 2. The van der Waals surface area contributed by atoms with Crippen LogP contribution in [0.4, 0.5) is 16.2 Å². The van der Waals surface area contributed by atoms with Crippen LogP contribution in [0.15, 0.2) is 24.3 Å². The Morgan fingerprint density at radius 2 is 1.72 bits per heavy atom. The van der Waals surface area contributed by atoms with E-state index >= 15 is 0 Å². The molecule has 0 unspecified atom stereocenters. The number of nitrogens with two attached hydrogens (primary N) is 2. The van der Waals surface area contributed by atoms with Crippen LogP contribution in [-0.2, 0) is 4.79 Å². The summed E-state index contributed by atoms with van der Waals surface area (Å²) in [6, 6.07) is 5.45. The minimum absolute atomic E-state index is 0.0527. The van der Waals surface area contributed by atoms with Gasteiger partial charge in [-0.3, -0.25) is 4.79 Å². The lowest BCUT2D eigenvalue weighted by atomic mass is 10.0. The number of hydrogen-bond acceptors (Lipinski definition) is 3. The number of benzene rings is 1. The van der Waals surface area contributed by atoms with E-state index in [0.29, 0.717) is 11.4 Å². The van der Waals surface area contributed by atoms with Crippen LogP contribution in [0.25, 0.3) is 0 Å². The number of hydrogen-bond donors (Lipinski definition) is 4. The highest BCUT2D eigenvalue weighted by molar-refractivity contribution is 5.96. The van der Waals surface area contributed by atoms with Crippen molar-refractivity contribution in [2.75, 3.05) is 10.6 Å². The molecule has 1 atom stereocenters. The molecular weight excluding hydrogens is 232 g/mol. The van der Waals surface area contributed by atoms with Gasteiger partial charge in [0.05, 0.1) is 6.04 Å². The van der Waals surface area contributed by atoms with E-state index in [1.165, 1.54) is 0 Å². The lowest BCUT2D eigenvalue weighted by Gasteiger charge is -2.15. The summed E-state index contributed by atoms with van der Waals surface area (Å²) in [5, 5.41) is 5.11. The van der Waals surface area contributed by atoms with Gasteiger partial charge in [0.15, 0.2) is 0 Å². The van der Waals surface area contributed by atoms with E-state index in [2.05, 4.69) is 10.6 Å². The van der Waals surface area contributed by atoms with Gasteiger partial charge in [-0.05, 0) is 24.1 Å². The van der Waals surface area contributed by atoms with Crippen molar-refractivity contribution in [1.29, 1.82) is 0 Å². The third-order valence-corrected chi connectivity index (χ3v) is 2.42. The molecule has 1 rings (SSSR count). The van der Waals surface area contributed by atoms with Gasteiger partial charge < -0.3 is 22.1 Å². The molecule has 0 bridgehead atoms. The number of carbonyl (C=O) groups excluding carboxylic acids is 2. The summed E-state index contributed by atoms with van der Waals surface area (Å²) < 4.78 is 0. The van der Waals surface area contributed by atoms with Gasteiger partial charge in [-0.15, -0.1) is 0 Å². The van der Waals surface area contributed by atoms with Crippen molar-refractivity contribution < 1.29 is 9.59 Å². The second kappa shape index (κ2) is 6.02. The zero-order chi connectivity index (χ0) is 13.7. The van der Waals surface area contributed by atoms with Crippen molar-refractivity contribution >= 4 is 23.3 Å². The molecule has 18 heavy (non-hydrogen) atoms. The van der Waals surface area contributed by atoms with Crippen molar-refractivity contribution in [3.63, 3.8) is 0 Å². The topological polar surface area (TPSA) is 110 Å². The van der Waals surface area contributed by atoms with Crippen molar-refractivity contribution in [1.82, 2.24) is 0 Å². The first kappa shape index (κ1) is 14.0. The number of amides is 3. The molecule has 0 fully saturated rings. The quantitative estimate of drug-likeness (QED) is 0.642. The second-order valence-corrected chi connectivity index (χ2v) is 4.33. The van der Waals surface area contributed by atoms with Crippen molar-refractivity contribution in [3.05, 3.63) is 24.3 Å². The molecule has 0 radical (unpaired) electrons. The number of carbonyl (C=O) groups is 2. The summed E-state index contributed by atoms with van der Waals surface area (Å²) in [5.74, 6) is -0.210. The zero-order valence-electron chi connectivity index (χ0n) is 10.4. The summed E-state index contributed by atoms with van der Waals surface area (Å²) in [7, 11) is 0. The summed E-state index contributed by atoms with van der Waals surface area (Å²) in [6.07, 6.45) is 0. The van der Waals surface area contributed by atoms with Crippen LogP contribution < -0.4 is 22.1 Å². The Labute approximate surface area is 106 Å². The van der Waals surface area contributed by atoms with Gasteiger partial charge in [0.2, 0.25) is 5.91 Å². The SMILES string of the molecule is CC(C)[C@H](N)C(=O)Nc1cccc(NC(N)=O)c1. The van der Waals surface area contributed by atoms with Gasteiger partial charge in [0, 0.05) is 11.4 Å². The van der Waals surface area contributed by atoms with Gasteiger partial charge >= 0.3 is 6.03 Å². The summed E-state index contributed by atoms with van der Waals surface area (Å²) in [4.78, 5) is 22.4. The standard InChI is InChI=1S/C12H18N4O2/c1-7(2)10(13)11(17)15-8-4-3-5-9(6-8)16-12(14)18/h3-7,10H,13H2,1-2H3,(H,15,17)(H3,14,16,18)/t10-/m0/s1. The van der Waals surface area contributed by atoms with E-state index in [-0.39, 0.29) is 11.8 Å². The number of primary amides is 1. The average Bonchev–Trinajstić information content (AvgIpc) is 2.27. The maximum absolute atomic E-state index is 11.7. The molecule has 6 N–H and O–H groups in total. The van der Waals surface area contributed by atoms with Crippen LogP contribution >= 0.6 is 0 Å². The average molecular weight is 250 g/mol. The number of anilines is 2. The van der Waals surface area contributed by atoms with Crippen LogP contribution in [0, 0.1) is 5.92 Å². The largest absolute Gasteiger partial charge is 0.351 e. The van der Waals surface area contributed by atoms with Crippen molar-refractivity contribution in [2.24, 2.45) is 17.4 Å². The fourth-order valence-electron chi connectivity index (χ4n) is 1.35. The first-order chi connectivity index (χ1) is 8.40. The molecule has 0 spiro atoms. The van der Waals surface area contributed by atoms with Crippen LogP contribution in [0.3, 0.4) is 0 Å². The van der Waals surface area contributed by atoms with Crippen LogP contribution in [0.5, 0.6) is 0 Å². The van der Waals surface area contributed by atoms with E-state index in [1.54, 1.807) is 24.3 Å². The van der Waals surface area contributed by atoms with E-state index in [4.69, 9.17) is 11.5 Å². The maximum atomic E-state index is 11.7. The Bertz CT molecular complexity index is 445. The Balaban J connectivity index is 2.73. The number of rotatable bonds is 4. The van der Waals surface area contributed by atoms with Crippen LogP contribution in [0.1, 0.15) is 13.8 Å². The van der Waals surface area contributed by atoms with Crippen molar-refractivity contribution in [3.8, 4) is 0 Å². The predicted molar refractivity (Wildman–Crippen MR) is 71.1 cm³/mol. The Kier molecular flexibility index (Phi) is 4.67. The van der Waals surface area contributed by atoms with E-state index in [1.807, 2.05) is 13.8 Å². The van der Waals surface area contributed by atoms with Gasteiger partial charge in [0.25, 0.3) is 0 Å². The molecule has 0 aromatic heterocycles. The Hall–Kier alpha value is -2.08. The number of urea groups is 1. The van der Waals surface area contributed by atoms with Crippen LogP contribution in [-0.4, -0.2) is 18.0 Å². The first-order valence-corrected chi connectivity index (χ1v) is 5.63. The fourth-order valence-corrected chi connectivity index (χ4v) is 1.35. The third-order valence-electron chi connectivity index (χ3n) is 2.42. The Morgan fingerprint density at radius 3 is 2.22 bits per heavy atom. The van der Waals surface area contributed by atoms with E-state index in [0.717, 1.165) is 0 Å². The lowest BCUT2D eigenvalue weighted by Crippen LogP contribution is -2.39. The highest BCUT2D eigenvalue weighted by Crippen LogP contribution is 2.15. The summed E-state index contributed by atoms with van der Waals surface area (Å²) in [6.45, 7) is 3.74. The van der Waals surface area contributed by atoms with Crippen molar-refractivity contribution in [2.45, 2.75) is 19.9 Å². The minimum Gasteiger partial charge on any atom is -0.351 e. The fraction of sp³-hybridized carbons (Fsp3) is 0.333. The molecule has 6 nitrogen and oxygen atoms in total. The molecule has 3 amide bonds. The Morgan fingerprint density at radius 1 is 1.17 bits per heavy atom. The molecule has 0 aliphatic rings. The second-order valence-electron chi connectivity index (χ2n) is 4.33. The van der Waals surface area contributed by atoms with E-state index in [9.17, 15) is 9.59 Å². The maximum Gasteiger partial charge on any atom is 0.316 e. The molecule has 6 heteroatoms. The highest BCUT2D eigenvalue weighted by atomic mass is 16.2. The molecule has 0 aliphatic carbocycles. The smallest absolute Gasteiger partial charge is 0.316 e. The summed E-state index contributed by atoms with van der Waals surface area (Å²) in [5.41, 5.74) is 11.8. The molecule has 98 valence electrons. The van der Waals surface area contributed by atoms with E-state index < -0.39 is 12.1 Å². The molecule has 0 heterocycles. The highest BCUT2D eigenvalue weighted by Gasteiger charge is 2.17. The molecule has 0 aliphatic heterocycles. The normalized spacial score (nSPS) is 12.0. The van der Waals surface area contributed by atoms with Gasteiger partial charge in [-0.2, -0.15) is 0 Å². The van der Waals surface area contributed by atoms with Gasteiger partial charge in [-0.25, -0.2) is 4.79 Å². The minimum atomic E-state index is -0.655. The lowest BCUT2D eigenvalue weighted by molar-refractivity contribution is -0.118. The molecular formula is C12H18N4O2. The van der Waals surface area contributed by atoms with Crippen LogP contribution in [0.2, 0.25) is 0 Å². The monoisotopic (exact) mass is 250 g/mol. The first-order valence-electron chi connectivity index (χ1n) is 5.63. The van der Waals surface area contributed by atoms with Gasteiger partial charge in [-0.1, -0.05) is 19.9 Å². The zero-order valence-corrected chi connectivity index (χ0v) is 10.4. The third kappa shape index (κ3) is 4.06. The summed E-state index contributed by atoms with van der Waals surface area (Å²) >= 11 is 0. The molecule has 1 aromatic rings. The molecule has 1 aromatic carbocycles.